The molecule has 0 spiro atoms. The second-order valence-electron chi connectivity index (χ2n) is 8.15. The zero-order valence-corrected chi connectivity index (χ0v) is 18.2. The quantitative estimate of drug-likeness (QED) is 0.502. The number of nitrogens with zero attached hydrogens (tertiary/aromatic N) is 3. The Labute approximate surface area is 186 Å². The zero-order valence-electron chi connectivity index (χ0n) is 18.2. The smallest absolute Gasteiger partial charge is 0.228 e. The number of nitrogens with two attached hydrogens (primary N) is 1. The maximum Gasteiger partial charge on any atom is 0.228 e. The van der Waals surface area contributed by atoms with Crippen LogP contribution in [-0.2, 0) is 24.1 Å². The lowest BCUT2D eigenvalue weighted by Gasteiger charge is -2.12. The summed E-state index contributed by atoms with van der Waals surface area (Å²) in [6, 6.07) is 13.6. The fraction of sp³-hybridized carbons (Fsp3) is 0.240. The second kappa shape index (κ2) is 8.00. The van der Waals surface area contributed by atoms with Gasteiger partial charge in [-0.05, 0) is 73.2 Å². The predicted molar refractivity (Wildman–Crippen MR) is 125 cm³/mol. The molecule has 0 saturated heterocycles. The molecule has 3 N–H and O–H groups in total. The Balaban J connectivity index is 1.38. The van der Waals surface area contributed by atoms with Gasteiger partial charge in [0.2, 0.25) is 5.91 Å². The molecule has 0 radical (unpaired) electrons. The Morgan fingerprint density at radius 3 is 2.75 bits per heavy atom. The number of ether oxygens (including phenoxy) is 1. The van der Waals surface area contributed by atoms with Crippen molar-refractivity contribution in [1.29, 1.82) is 0 Å². The SMILES string of the molecule is COc1cc(CC(=O)Nc2ccc(-n3c4c(c5ncnc(N)c53)CCC4)cc2)ccc1C. The molecular weight excluding hydrogens is 402 g/mol. The summed E-state index contributed by atoms with van der Waals surface area (Å²) in [5.74, 6) is 1.19. The minimum absolute atomic E-state index is 0.0754. The summed E-state index contributed by atoms with van der Waals surface area (Å²) < 4.78 is 7.52. The number of benzene rings is 2. The minimum Gasteiger partial charge on any atom is -0.496 e. The van der Waals surface area contributed by atoms with Gasteiger partial charge in [0.25, 0.3) is 0 Å². The van der Waals surface area contributed by atoms with Gasteiger partial charge in [-0.3, -0.25) is 4.79 Å². The fourth-order valence-corrected chi connectivity index (χ4v) is 4.54. The third-order valence-corrected chi connectivity index (χ3v) is 6.07. The summed E-state index contributed by atoms with van der Waals surface area (Å²) in [7, 11) is 1.64. The lowest BCUT2D eigenvalue weighted by Crippen LogP contribution is -2.14. The van der Waals surface area contributed by atoms with Gasteiger partial charge in [-0.25, -0.2) is 9.97 Å². The molecule has 2 heterocycles. The molecule has 1 aliphatic rings. The molecule has 0 atom stereocenters. The Morgan fingerprint density at radius 1 is 1.16 bits per heavy atom. The first kappa shape index (κ1) is 20.1. The largest absolute Gasteiger partial charge is 0.496 e. The van der Waals surface area contributed by atoms with E-state index in [1.54, 1.807) is 7.11 Å². The molecule has 7 nitrogen and oxygen atoms in total. The molecule has 0 bridgehead atoms. The Kier molecular flexibility index (Phi) is 5.01. The lowest BCUT2D eigenvalue weighted by molar-refractivity contribution is -0.115. The van der Waals surface area contributed by atoms with Gasteiger partial charge in [0.15, 0.2) is 5.82 Å². The standard InChI is InChI=1S/C25H25N5O2/c1-15-6-7-16(12-21(15)32-2)13-22(31)29-17-8-10-18(11-9-17)30-20-5-3-4-19(20)23-24(30)25(26)28-14-27-23/h6-12,14H,3-5,13H2,1-2H3,(H,29,31)(H2,26,27,28). The van der Waals surface area contributed by atoms with Gasteiger partial charge in [-0.1, -0.05) is 12.1 Å². The number of aryl methyl sites for hydroxylation is 2. The van der Waals surface area contributed by atoms with Crippen molar-refractivity contribution in [2.45, 2.75) is 32.6 Å². The van der Waals surface area contributed by atoms with E-state index in [-0.39, 0.29) is 12.3 Å². The number of hydrogen-bond acceptors (Lipinski definition) is 5. The summed E-state index contributed by atoms with van der Waals surface area (Å²) in [6.07, 6.45) is 4.92. The van der Waals surface area contributed by atoms with Gasteiger partial charge in [-0.15, -0.1) is 0 Å². The van der Waals surface area contributed by atoms with Gasteiger partial charge in [0.05, 0.1) is 19.0 Å². The molecule has 5 rings (SSSR count). The number of carbonyl (C=O) groups excluding carboxylic acids is 1. The van der Waals surface area contributed by atoms with E-state index < -0.39 is 0 Å². The summed E-state index contributed by atoms with van der Waals surface area (Å²) in [6.45, 7) is 1.98. The average Bonchev–Trinajstić information content (AvgIpc) is 3.38. The van der Waals surface area contributed by atoms with Crippen LogP contribution in [0.4, 0.5) is 11.5 Å². The molecule has 2 aromatic carbocycles. The minimum atomic E-state index is -0.0754. The van der Waals surface area contributed by atoms with E-state index >= 15 is 0 Å². The number of methoxy groups -OCH3 is 1. The van der Waals surface area contributed by atoms with Crippen LogP contribution >= 0.6 is 0 Å². The van der Waals surface area contributed by atoms with Crippen LogP contribution in [0.2, 0.25) is 0 Å². The highest BCUT2D eigenvalue weighted by Gasteiger charge is 2.25. The number of carbonyl (C=O) groups is 1. The van der Waals surface area contributed by atoms with Gasteiger partial charge >= 0.3 is 0 Å². The van der Waals surface area contributed by atoms with Crippen molar-refractivity contribution in [3.63, 3.8) is 0 Å². The van der Waals surface area contributed by atoms with Crippen molar-refractivity contribution < 1.29 is 9.53 Å². The van der Waals surface area contributed by atoms with E-state index in [4.69, 9.17) is 10.5 Å². The summed E-state index contributed by atoms with van der Waals surface area (Å²) in [5.41, 5.74) is 14.2. The number of aromatic nitrogens is 3. The molecule has 2 aromatic heterocycles. The van der Waals surface area contributed by atoms with Crippen molar-refractivity contribution in [2.75, 3.05) is 18.2 Å². The molecule has 1 aliphatic carbocycles. The Hall–Kier alpha value is -3.87. The second-order valence-corrected chi connectivity index (χ2v) is 8.15. The van der Waals surface area contributed by atoms with E-state index in [1.165, 1.54) is 17.6 Å². The number of fused-ring (bicyclic) bond motifs is 3. The van der Waals surface area contributed by atoms with E-state index in [9.17, 15) is 4.79 Å². The third kappa shape index (κ3) is 3.45. The number of amides is 1. The Morgan fingerprint density at radius 2 is 1.97 bits per heavy atom. The topological polar surface area (TPSA) is 95.1 Å². The van der Waals surface area contributed by atoms with Crippen LogP contribution in [0, 0.1) is 6.92 Å². The highest BCUT2D eigenvalue weighted by Crippen LogP contribution is 2.36. The van der Waals surface area contributed by atoms with Crippen LogP contribution in [0.5, 0.6) is 5.75 Å². The molecular formula is C25H25N5O2. The van der Waals surface area contributed by atoms with Crippen LogP contribution in [0.1, 0.15) is 28.8 Å². The first-order valence-electron chi connectivity index (χ1n) is 10.7. The van der Waals surface area contributed by atoms with Crippen LogP contribution in [0.25, 0.3) is 16.7 Å². The van der Waals surface area contributed by atoms with Crippen LogP contribution < -0.4 is 15.8 Å². The van der Waals surface area contributed by atoms with Crippen molar-refractivity contribution in [1.82, 2.24) is 14.5 Å². The van der Waals surface area contributed by atoms with Crippen LogP contribution in [-0.4, -0.2) is 27.6 Å². The molecule has 0 unspecified atom stereocenters. The average molecular weight is 428 g/mol. The molecule has 1 amide bonds. The number of hydrogen-bond donors (Lipinski definition) is 2. The van der Waals surface area contributed by atoms with Gasteiger partial charge < -0.3 is 20.4 Å². The first-order chi connectivity index (χ1) is 15.5. The maximum atomic E-state index is 12.6. The number of rotatable bonds is 5. The summed E-state index contributed by atoms with van der Waals surface area (Å²) in [4.78, 5) is 21.3. The number of nitrogen functional groups attached to an aromatic ring is 1. The van der Waals surface area contributed by atoms with Crippen LogP contribution in [0.3, 0.4) is 0 Å². The summed E-state index contributed by atoms with van der Waals surface area (Å²) in [5, 5.41) is 2.98. The summed E-state index contributed by atoms with van der Waals surface area (Å²) >= 11 is 0. The Bertz CT molecular complexity index is 1320. The normalized spacial score (nSPS) is 12.7. The predicted octanol–water partition coefficient (Wildman–Crippen LogP) is 3.99. The fourth-order valence-electron chi connectivity index (χ4n) is 4.54. The first-order valence-corrected chi connectivity index (χ1v) is 10.7. The maximum absolute atomic E-state index is 12.6. The van der Waals surface area contributed by atoms with Gasteiger partial charge in [-0.2, -0.15) is 0 Å². The number of nitrogens with one attached hydrogen (secondary N) is 1. The van der Waals surface area contributed by atoms with E-state index in [2.05, 4.69) is 19.9 Å². The molecule has 162 valence electrons. The van der Waals surface area contributed by atoms with Crippen LogP contribution in [0.15, 0.2) is 48.8 Å². The highest BCUT2D eigenvalue weighted by molar-refractivity contribution is 5.93. The molecule has 0 aliphatic heterocycles. The molecule has 32 heavy (non-hydrogen) atoms. The van der Waals surface area contributed by atoms with Crippen molar-refractivity contribution in [2.24, 2.45) is 0 Å². The zero-order chi connectivity index (χ0) is 22.2. The van der Waals surface area contributed by atoms with E-state index in [0.717, 1.165) is 58.5 Å². The molecule has 7 heteroatoms. The molecule has 0 fully saturated rings. The highest BCUT2D eigenvalue weighted by atomic mass is 16.5. The van der Waals surface area contributed by atoms with Crippen molar-refractivity contribution >= 4 is 28.4 Å². The van der Waals surface area contributed by atoms with Gasteiger partial charge in [0.1, 0.15) is 17.6 Å². The van der Waals surface area contributed by atoms with Crippen molar-refractivity contribution in [3.8, 4) is 11.4 Å². The lowest BCUT2D eigenvalue weighted by atomic mass is 10.1. The number of anilines is 2. The van der Waals surface area contributed by atoms with Gasteiger partial charge in [0, 0.05) is 17.1 Å². The molecule has 0 saturated carbocycles. The monoisotopic (exact) mass is 427 g/mol. The van der Waals surface area contributed by atoms with Crippen molar-refractivity contribution in [3.05, 3.63) is 71.2 Å². The van der Waals surface area contributed by atoms with E-state index in [0.29, 0.717) is 5.82 Å². The third-order valence-electron chi connectivity index (χ3n) is 6.07. The molecule has 4 aromatic rings. The van der Waals surface area contributed by atoms with E-state index in [1.807, 2.05) is 49.4 Å².